The van der Waals surface area contributed by atoms with Crippen LogP contribution in [0.4, 0.5) is 0 Å². The van der Waals surface area contributed by atoms with Crippen molar-refractivity contribution in [1.29, 1.82) is 0 Å². The smallest absolute Gasteiger partial charge is 0.0587 e. The average Bonchev–Trinajstić information content (AvgIpc) is 2.49. The predicted octanol–water partition coefficient (Wildman–Crippen LogP) is 3.94. The zero-order chi connectivity index (χ0) is 13.7. The molecule has 2 rings (SSSR count). The largest absolute Gasteiger partial charge is 0.118 e. The van der Waals surface area contributed by atoms with Gasteiger partial charge in [0.15, 0.2) is 0 Å². The van der Waals surface area contributed by atoms with Gasteiger partial charge >= 0.3 is 0 Å². The lowest BCUT2D eigenvalue weighted by molar-refractivity contribution is 0.983. The summed E-state index contributed by atoms with van der Waals surface area (Å²) < 4.78 is 0. The number of allylic oxidation sites excluding steroid dienone is 1. The molecular formula is C17H19ClSi. The normalized spacial score (nSPS) is 14.0. The van der Waals surface area contributed by atoms with Gasteiger partial charge in [-0.1, -0.05) is 72.8 Å². The molecule has 98 valence electrons. The molecule has 1 atom stereocenters. The highest BCUT2D eigenvalue weighted by Gasteiger charge is 2.15. The molecule has 1 unspecified atom stereocenters. The number of benzene rings is 2. The van der Waals surface area contributed by atoms with E-state index in [1.54, 1.807) is 0 Å². The SMILES string of the molecule is CCC(Cl)C(=C([SiH3])c1ccccc1)c1ccccc1. The van der Waals surface area contributed by atoms with Gasteiger partial charge in [-0.3, -0.25) is 0 Å². The van der Waals surface area contributed by atoms with Gasteiger partial charge < -0.3 is 0 Å². The van der Waals surface area contributed by atoms with Gasteiger partial charge in [-0.05, 0) is 23.1 Å². The monoisotopic (exact) mass is 286 g/mol. The Morgan fingerprint density at radius 2 is 1.42 bits per heavy atom. The Balaban J connectivity index is 2.55. The van der Waals surface area contributed by atoms with Gasteiger partial charge in [-0.25, -0.2) is 0 Å². The van der Waals surface area contributed by atoms with Crippen LogP contribution in [0.3, 0.4) is 0 Å². The molecule has 0 spiro atoms. The zero-order valence-corrected chi connectivity index (χ0v) is 14.2. The van der Waals surface area contributed by atoms with Crippen LogP contribution in [-0.4, -0.2) is 15.6 Å². The number of hydrogen-bond donors (Lipinski definition) is 0. The maximum atomic E-state index is 6.57. The van der Waals surface area contributed by atoms with Crippen LogP contribution in [0.5, 0.6) is 0 Å². The quantitative estimate of drug-likeness (QED) is 0.454. The second-order valence-corrected chi connectivity index (χ2v) is 6.17. The highest BCUT2D eigenvalue weighted by Crippen LogP contribution is 2.31. The van der Waals surface area contributed by atoms with Crippen LogP contribution in [0.25, 0.3) is 10.8 Å². The fourth-order valence-corrected chi connectivity index (χ4v) is 3.74. The third-order valence-electron chi connectivity index (χ3n) is 3.37. The summed E-state index contributed by atoms with van der Waals surface area (Å²) >= 11 is 6.57. The molecule has 0 amide bonds. The predicted molar refractivity (Wildman–Crippen MR) is 89.6 cm³/mol. The van der Waals surface area contributed by atoms with E-state index < -0.39 is 0 Å². The zero-order valence-electron chi connectivity index (χ0n) is 11.4. The van der Waals surface area contributed by atoms with E-state index in [4.69, 9.17) is 11.6 Å². The second-order valence-electron chi connectivity index (χ2n) is 4.65. The van der Waals surface area contributed by atoms with E-state index in [1.807, 2.05) is 6.07 Å². The first-order valence-corrected chi connectivity index (χ1v) is 8.13. The minimum absolute atomic E-state index is 0.0788. The summed E-state index contributed by atoms with van der Waals surface area (Å²) in [5.41, 5.74) is 3.84. The molecule has 19 heavy (non-hydrogen) atoms. The minimum atomic E-state index is 0.0788. The first-order chi connectivity index (χ1) is 9.24. The van der Waals surface area contributed by atoms with E-state index in [0.29, 0.717) is 0 Å². The van der Waals surface area contributed by atoms with Crippen LogP contribution in [0.15, 0.2) is 60.7 Å². The van der Waals surface area contributed by atoms with E-state index in [-0.39, 0.29) is 5.38 Å². The molecule has 0 heterocycles. The van der Waals surface area contributed by atoms with Crippen molar-refractivity contribution in [3.05, 3.63) is 71.8 Å². The lowest BCUT2D eigenvalue weighted by atomic mass is 9.98. The summed E-state index contributed by atoms with van der Waals surface area (Å²) in [5.74, 6) is 0. The van der Waals surface area contributed by atoms with E-state index in [2.05, 4.69) is 61.5 Å². The van der Waals surface area contributed by atoms with Gasteiger partial charge in [-0.2, -0.15) is 0 Å². The van der Waals surface area contributed by atoms with Crippen molar-refractivity contribution in [3.8, 4) is 0 Å². The fraction of sp³-hybridized carbons (Fsp3) is 0.176. The first-order valence-electron chi connectivity index (χ1n) is 6.69. The third kappa shape index (κ3) is 3.37. The molecule has 0 radical (unpaired) electrons. The Kier molecular flexibility index (Phi) is 5.00. The molecule has 2 aromatic rings. The Morgan fingerprint density at radius 1 is 0.947 bits per heavy atom. The Labute approximate surface area is 123 Å². The van der Waals surface area contributed by atoms with Crippen LogP contribution < -0.4 is 0 Å². The molecule has 0 fully saturated rings. The van der Waals surface area contributed by atoms with Crippen LogP contribution in [0.2, 0.25) is 0 Å². The molecule has 0 bridgehead atoms. The van der Waals surface area contributed by atoms with Gasteiger partial charge in [0.25, 0.3) is 0 Å². The molecule has 0 nitrogen and oxygen atoms in total. The fourth-order valence-electron chi connectivity index (χ4n) is 2.30. The molecule has 0 aromatic heterocycles. The highest BCUT2D eigenvalue weighted by molar-refractivity contribution is 6.48. The second kappa shape index (κ2) is 6.74. The van der Waals surface area contributed by atoms with Crippen molar-refractivity contribution in [2.75, 3.05) is 0 Å². The van der Waals surface area contributed by atoms with Crippen molar-refractivity contribution in [2.24, 2.45) is 0 Å². The third-order valence-corrected chi connectivity index (χ3v) is 5.01. The maximum absolute atomic E-state index is 6.57. The Hall–Kier alpha value is -1.31. The summed E-state index contributed by atoms with van der Waals surface area (Å²) in [7, 11) is 0.992. The van der Waals surface area contributed by atoms with Gasteiger partial charge in [0, 0.05) is 10.2 Å². The molecule has 2 heteroatoms. The molecule has 0 aliphatic heterocycles. The van der Waals surface area contributed by atoms with E-state index >= 15 is 0 Å². The summed E-state index contributed by atoms with van der Waals surface area (Å²) in [4.78, 5) is 0. The van der Waals surface area contributed by atoms with E-state index in [0.717, 1.165) is 16.7 Å². The molecule has 0 aliphatic carbocycles. The molecular weight excluding hydrogens is 268 g/mol. The number of hydrogen-bond acceptors (Lipinski definition) is 0. The van der Waals surface area contributed by atoms with Crippen molar-refractivity contribution in [2.45, 2.75) is 18.7 Å². The summed E-state index contributed by atoms with van der Waals surface area (Å²) in [6, 6.07) is 21.1. The molecule has 2 aromatic carbocycles. The summed E-state index contributed by atoms with van der Waals surface area (Å²) in [6.45, 7) is 2.14. The lowest BCUT2D eigenvalue weighted by Crippen LogP contribution is -2.04. The van der Waals surface area contributed by atoms with Crippen molar-refractivity contribution >= 4 is 32.6 Å². The highest BCUT2D eigenvalue weighted by atomic mass is 35.5. The van der Waals surface area contributed by atoms with Gasteiger partial charge in [0.1, 0.15) is 0 Å². The molecule has 0 saturated heterocycles. The lowest BCUT2D eigenvalue weighted by Gasteiger charge is -2.17. The summed E-state index contributed by atoms with van der Waals surface area (Å²) in [5, 5.41) is 1.48. The van der Waals surface area contributed by atoms with Crippen molar-refractivity contribution < 1.29 is 0 Å². The van der Waals surface area contributed by atoms with Crippen LogP contribution in [-0.2, 0) is 0 Å². The van der Waals surface area contributed by atoms with Gasteiger partial charge in [-0.15, -0.1) is 11.6 Å². The van der Waals surface area contributed by atoms with E-state index in [9.17, 15) is 0 Å². The first kappa shape index (κ1) is 14.1. The van der Waals surface area contributed by atoms with Crippen molar-refractivity contribution in [3.63, 3.8) is 0 Å². The number of alkyl halides is 1. The summed E-state index contributed by atoms with van der Waals surface area (Å²) in [6.07, 6.45) is 0.949. The standard InChI is InChI=1S/C17H19ClSi/c1-2-15(18)16(13-9-5-3-6-10-13)17(19)14-11-7-4-8-12-14/h3-12,15H,2H2,1,19H3. The maximum Gasteiger partial charge on any atom is 0.0587 e. The minimum Gasteiger partial charge on any atom is -0.118 e. The van der Waals surface area contributed by atoms with Gasteiger partial charge in [0.2, 0.25) is 0 Å². The molecule has 0 saturated carbocycles. The Bertz CT molecular complexity index is 546. The topological polar surface area (TPSA) is 0 Å². The van der Waals surface area contributed by atoms with Crippen LogP contribution in [0, 0.1) is 0 Å². The van der Waals surface area contributed by atoms with Crippen LogP contribution in [0.1, 0.15) is 24.5 Å². The van der Waals surface area contributed by atoms with Gasteiger partial charge in [0.05, 0.1) is 5.38 Å². The van der Waals surface area contributed by atoms with Crippen molar-refractivity contribution in [1.82, 2.24) is 0 Å². The average molecular weight is 287 g/mol. The Morgan fingerprint density at radius 3 is 1.89 bits per heavy atom. The van der Waals surface area contributed by atoms with Crippen LogP contribution >= 0.6 is 11.6 Å². The molecule has 0 aliphatic rings. The molecule has 0 N–H and O–H groups in total. The number of rotatable bonds is 4. The van der Waals surface area contributed by atoms with E-state index in [1.165, 1.54) is 21.9 Å². The number of halogens is 1.